The van der Waals surface area contributed by atoms with Crippen LogP contribution in [-0.2, 0) is 4.79 Å². The van der Waals surface area contributed by atoms with Gasteiger partial charge in [-0.25, -0.2) is 0 Å². The zero-order valence-corrected chi connectivity index (χ0v) is 12.4. The first-order chi connectivity index (χ1) is 7.95. The second-order valence-electron chi connectivity index (χ2n) is 5.00. The van der Waals surface area contributed by atoms with E-state index in [4.69, 9.17) is 18.0 Å². The van der Waals surface area contributed by atoms with Crippen molar-refractivity contribution in [3.63, 3.8) is 0 Å². The highest BCUT2D eigenvalue weighted by molar-refractivity contribution is 7.99. The fraction of sp³-hybridized carbons (Fsp3) is 0.833. The van der Waals surface area contributed by atoms with Gasteiger partial charge in [-0.2, -0.15) is 11.8 Å². The average molecular weight is 274 g/mol. The number of thiocarbonyl (C=S) groups is 1. The van der Waals surface area contributed by atoms with Crippen molar-refractivity contribution in [2.45, 2.75) is 44.4 Å². The quantitative estimate of drug-likeness (QED) is 0.752. The molecule has 1 rings (SSSR count). The lowest BCUT2D eigenvalue weighted by Gasteiger charge is -2.21. The van der Waals surface area contributed by atoms with Gasteiger partial charge in [-0.3, -0.25) is 4.79 Å². The third kappa shape index (κ3) is 4.14. The lowest BCUT2D eigenvalue weighted by Crippen LogP contribution is -2.44. The van der Waals surface area contributed by atoms with Crippen LogP contribution in [0.2, 0.25) is 0 Å². The minimum atomic E-state index is -0.335. The molecular formula is C12H22N2OS2. The van der Waals surface area contributed by atoms with E-state index in [0.717, 1.165) is 12.8 Å². The normalized spacial score (nSPS) is 25.9. The molecule has 0 saturated heterocycles. The molecule has 0 radical (unpaired) electrons. The number of hydrogen-bond acceptors (Lipinski definition) is 3. The molecule has 5 heteroatoms. The van der Waals surface area contributed by atoms with E-state index >= 15 is 0 Å². The molecule has 17 heavy (non-hydrogen) atoms. The van der Waals surface area contributed by atoms with Gasteiger partial charge < -0.3 is 11.1 Å². The first-order valence-corrected chi connectivity index (χ1v) is 7.77. The SMILES string of the molecule is CSC1CCC(NC(=O)C(C(N)=S)C(C)C)C1. The lowest BCUT2D eigenvalue weighted by molar-refractivity contribution is -0.124. The van der Waals surface area contributed by atoms with Gasteiger partial charge in [-0.05, 0) is 31.4 Å². The molecule has 98 valence electrons. The van der Waals surface area contributed by atoms with Crippen LogP contribution in [0.4, 0.5) is 0 Å². The summed E-state index contributed by atoms with van der Waals surface area (Å²) in [6, 6.07) is 0.301. The van der Waals surface area contributed by atoms with Gasteiger partial charge in [0.1, 0.15) is 0 Å². The molecule has 1 amide bonds. The van der Waals surface area contributed by atoms with Crippen molar-refractivity contribution < 1.29 is 4.79 Å². The summed E-state index contributed by atoms with van der Waals surface area (Å²) in [4.78, 5) is 12.4. The van der Waals surface area contributed by atoms with E-state index in [0.29, 0.717) is 16.3 Å². The van der Waals surface area contributed by atoms with E-state index in [2.05, 4.69) is 11.6 Å². The number of thioether (sulfide) groups is 1. The summed E-state index contributed by atoms with van der Waals surface area (Å²) in [5, 5.41) is 3.77. The van der Waals surface area contributed by atoms with E-state index < -0.39 is 0 Å². The van der Waals surface area contributed by atoms with Gasteiger partial charge in [0.05, 0.1) is 10.9 Å². The molecule has 3 unspecified atom stereocenters. The summed E-state index contributed by atoms with van der Waals surface area (Å²) in [6.07, 6.45) is 5.45. The molecule has 0 heterocycles. The Morgan fingerprint density at radius 2 is 2.12 bits per heavy atom. The van der Waals surface area contributed by atoms with E-state index in [1.165, 1.54) is 6.42 Å². The smallest absolute Gasteiger partial charge is 0.230 e. The third-order valence-electron chi connectivity index (χ3n) is 3.32. The van der Waals surface area contributed by atoms with Crippen molar-refractivity contribution in [3.05, 3.63) is 0 Å². The molecule has 3 N–H and O–H groups in total. The number of amides is 1. The second kappa shape index (κ2) is 6.59. The summed E-state index contributed by atoms with van der Waals surface area (Å²) in [7, 11) is 0. The Labute approximate surface area is 113 Å². The topological polar surface area (TPSA) is 55.1 Å². The predicted octanol–water partition coefficient (Wildman–Crippen LogP) is 1.94. The third-order valence-corrected chi connectivity index (χ3v) is 4.67. The Balaban J connectivity index is 2.51. The van der Waals surface area contributed by atoms with Crippen LogP contribution in [-0.4, -0.2) is 28.4 Å². The molecule has 3 nitrogen and oxygen atoms in total. The van der Waals surface area contributed by atoms with Crippen molar-refractivity contribution in [2.75, 3.05) is 6.26 Å². The molecule has 0 aromatic rings. The number of rotatable bonds is 5. The summed E-state index contributed by atoms with van der Waals surface area (Å²) in [5.41, 5.74) is 5.63. The fourth-order valence-corrected chi connectivity index (χ4v) is 3.51. The highest BCUT2D eigenvalue weighted by Crippen LogP contribution is 2.28. The summed E-state index contributed by atoms with van der Waals surface area (Å²) in [5.74, 6) is -0.178. The molecule has 1 saturated carbocycles. The van der Waals surface area contributed by atoms with Gasteiger partial charge in [0.15, 0.2) is 0 Å². The number of nitrogens with one attached hydrogen (secondary N) is 1. The monoisotopic (exact) mass is 274 g/mol. The summed E-state index contributed by atoms with van der Waals surface area (Å²) < 4.78 is 0. The lowest BCUT2D eigenvalue weighted by atomic mass is 9.94. The van der Waals surface area contributed by atoms with Crippen molar-refractivity contribution in [1.82, 2.24) is 5.32 Å². The van der Waals surface area contributed by atoms with E-state index in [1.807, 2.05) is 25.6 Å². The Morgan fingerprint density at radius 3 is 2.53 bits per heavy atom. The summed E-state index contributed by atoms with van der Waals surface area (Å²) in [6.45, 7) is 3.95. The minimum absolute atomic E-state index is 0.000692. The van der Waals surface area contributed by atoms with Crippen LogP contribution in [0.1, 0.15) is 33.1 Å². The molecule has 3 atom stereocenters. The Morgan fingerprint density at radius 1 is 1.47 bits per heavy atom. The van der Waals surface area contributed by atoms with Gasteiger partial charge in [-0.1, -0.05) is 26.1 Å². The predicted molar refractivity (Wildman–Crippen MR) is 78.2 cm³/mol. The van der Waals surface area contributed by atoms with Gasteiger partial charge in [0.25, 0.3) is 0 Å². The highest BCUT2D eigenvalue weighted by Gasteiger charge is 2.30. The van der Waals surface area contributed by atoms with Crippen LogP contribution in [0.3, 0.4) is 0 Å². The maximum absolute atomic E-state index is 12.1. The van der Waals surface area contributed by atoms with Crippen LogP contribution in [0.15, 0.2) is 0 Å². The van der Waals surface area contributed by atoms with Gasteiger partial charge >= 0.3 is 0 Å². The Hall–Kier alpha value is -0.290. The van der Waals surface area contributed by atoms with Crippen molar-refractivity contribution in [3.8, 4) is 0 Å². The van der Waals surface area contributed by atoms with Crippen molar-refractivity contribution >= 4 is 34.9 Å². The van der Waals surface area contributed by atoms with Crippen LogP contribution in [0, 0.1) is 11.8 Å². The van der Waals surface area contributed by atoms with Gasteiger partial charge in [-0.15, -0.1) is 0 Å². The molecule has 0 aliphatic heterocycles. The van der Waals surface area contributed by atoms with Crippen LogP contribution < -0.4 is 11.1 Å². The molecular weight excluding hydrogens is 252 g/mol. The molecule has 1 aliphatic carbocycles. The zero-order chi connectivity index (χ0) is 13.0. The van der Waals surface area contributed by atoms with E-state index in [-0.39, 0.29) is 17.7 Å². The van der Waals surface area contributed by atoms with E-state index in [9.17, 15) is 4.79 Å². The summed E-state index contributed by atoms with van der Waals surface area (Å²) >= 11 is 6.85. The number of carbonyl (C=O) groups excluding carboxylic acids is 1. The van der Waals surface area contributed by atoms with Gasteiger partial charge in [0, 0.05) is 11.3 Å². The Bertz CT molecular complexity index is 294. The number of hydrogen-bond donors (Lipinski definition) is 2. The van der Waals surface area contributed by atoms with Crippen LogP contribution in [0.25, 0.3) is 0 Å². The van der Waals surface area contributed by atoms with E-state index in [1.54, 1.807) is 0 Å². The van der Waals surface area contributed by atoms with Crippen molar-refractivity contribution in [1.29, 1.82) is 0 Å². The number of nitrogens with two attached hydrogens (primary N) is 1. The first-order valence-electron chi connectivity index (χ1n) is 6.08. The minimum Gasteiger partial charge on any atom is -0.393 e. The van der Waals surface area contributed by atoms with Crippen LogP contribution >= 0.6 is 24.0 Å². The second-order valence-corrected chi connectivity index (χ2v) is 6.61. The standard InChI is InChI=1S/C12H22N2OS2/c1-7(2)10(11(13)16)12(15)14-8-4-5-9(6-8)17-3/h7-10H,4-6H2,1-3H3,(H2,13,16)(H,14,15). The van der Waals surface area contributed by atoms with Crippen molar-refractivity contribution in [2.24, 2.45) is 17.6 Å². The first kappa shape index (κ1) is 14.8. The zero-order valence-electron chi connectivity index (χ0n) is 10.7. The number of carbonyl (C=O) groups is 1. The molecule has 1 fully saturated rings. The fourth-order valence-electron chi connectivity index (χ4n) is 2.34. The van der Waals surface area contributed by atoms with Crippen LogP contribution in [0.5, 0.6) is 0 Å². The van der Waals surface area contributed by atoms with Gasteiger partial charge in [0.2, 0.25) is 5.91 Å². The maximum atomic E-state index is 12.1. The molecule has 1 aliphatic rings. The highest BCUT2D eigenvalue weighted by atomic mass is 32.2. The molecule has 0 aromatic heterocycles. The average Bonchev–Trinajstić information content (AvgIpc) is 2.64. The molecule has 0 bridgehead atoms. The molecule has 0 aromatic carbocycles. The maximum Gasteiger partial charge on any atom is 0.230 e. The largest absolute Gasteiger partial charge is 0.393 e. The Kier molecular flexibility index (Phi) is 5.73. The molecule has 0 spiro atoms.